The van der Waals surface area contributed by atoms with Gasteiger partial charge >= 0.3 is 19.3 Å². The highest BCUT2D eigenvalue weighted by Gasteiger charge is 2.48. The van der Waals surface area contributed by atoms with E-state index in [9.17, 15) is 14.3 Å². The highest BCUT2D eigenvalue weighted by Crippen LogP contribution is 2.29. The van der Waals surface area contributed by atoms with Gasteiger partial charge in [0.15, 0.2) is 0 Å². The van der Waals surface area contributed by atoms with Crippen LogP contribution in [0.1, 0.15) is 5.69 Å². The lowest BCUT2D eigenvalue weighted by atomic mass is 10.2. The van der Waals surface area contributed by atoms with Crippen molar-refractivity contribution in [2.45, 2.75) is 11.7 Å². The van der Waals surface area contributed by atoms with Gasteiger partial charge in [-0.3, -0.25) is 5.73 Å². The molecule has 0 aliphatic carbocycles. The normalized spacial score (nSPS) is 16.0. The molecule has 7 nitrogen and oxygen atoms in total. The quantitative estimate of drug-likeness (QED) is 0.542. The number of H-pyrrole nitrogens is 1. The van der Waals surface area contributed by atoms with E-state index in [0.29, 0.717) is 5.69 Å². The van der Waals surface area contributed by atoms with Crippen LogP contribution in [0.2, 0.25) is 0 Å². The molecule has 14 heavy (non-hydrogen) atoms. The molecule has 0 aliphatic heterocycles. The molecule has 1 heterocycles. The van der Waals surface area contributed by atoms with Gasteiger partial charge < -0.3 is 15.0 Å². The van der Waals surface area contributed by atoms with Crippen LogP contribution < -0.4 is 10.6 Å². The van der Waals surface area contributed by atoms with Crippen LogP contribution in [-0.4, -0.2) is 26.3 Å². The fraction of sp³-hybridized carbons (Fsp3) is 0.333. The van der Waals surface area contributed by atoms with Crippen molar-refractivity contribution in [3.8, 4) is 0 Å². The summed E-state index contributed by atoms with van der Waals surface area (Å²) in [6.07, 6.45) is 2.31. The molecule has 0 amide bonds. The molecule has 1 rings (SSSR count). The smallest absolute Gasteiger partial charge is 0.374 e. The molecule has 2 unspecified atom stereocenters. The van der Waals surface area contributed by atoms with E-state index in [1.165, 1.54) is 12.5 Å². The molecule has 2 atom stereocenters. The van der Waals surface area contributed by atoms with Gasteiger partial charge in [0.2, 0.25) is 0 Å². The van der Waals surface area contributed by atoms with E-state index in [1.54, 1.807) is 0 Å². The van der Waals surface area contributed by atoms with Crippen LogP contribution >= 0.6 is 8.03 Å². The van der Waals surface area contributed by atoms with Crippen LogP contribution in [0, 0.1) is 0 Å². The predicted octanol–water partition coefficient (Wildman–Crippen LogP) is -1.21. The van der Waals surface area contributed by atoms with Gasteiger partial charge in [0.25, 0.3) is 0 Å². The first-order chi connectivity index (χ1) is 6.47. The molecular formula is C6H8N3O4P. The molecule has 0 aromatic carbocycles. The molecule has 76 valence electrons. The topological polar surface area (TPSA) is 132 Å². The van der Waals surface area contributed by atoms with Crippen LogP contribution in [-0.2, 0) is 15.8 Å². The number of hydrogen-bond acceptors (Lipinski definition) is 5. The Labute approximate surface area is 79.8 Å². The van der Waals surface area contributed by atoms with Crippen molar-refractivity contribution in [3.05, 3.63) is 18.2 Å². The number of aliphatic carboxylic acids is 1. The van der Waals surface area contributed by atoms with Gasteiger partial charge in [0.05, 0.1) is 12.7 Å². The average molecular weight is 217 g/mol. The average Bonchev–Trinajstić information content (AvgIpc) is 2.55. The van der Waals surface area contributed by atoms with Gasteiger partial charge in [0.1, 0.15) is 0 Å². The minimum absolute atomic E-state index is 0.332. The van der Waals surface area contributed by atoms with Gasteiger partial charge in [-0.25, -0.2) is 9.78 Å². The van der Waals surface area contributed by atoms with Crippen molar-refractivity contribution in [2.24, 2.45) is 5.73 Å². The Morgan fingerprint density at radius 1 is 1.86 bits per heavy atom. The zero-order valence-electron chi connectivity index (χ0n) is 7.01. The van der Waals surface area contributed by atoms with E-state index >= 15 is 0 Å². The Balaban J connectivity index is 2.91. The largest absolute Gasteiger partial charge is 0.594 e. The van der Waals surface area contributed by atoms with Crippen LogP contribution in [0.25, 0.3) is 0 Å². The van der Waals surface area contributed by atoms with Crippen molar-refractivity contribution < 1.29 is 19.4 Å². The Bertz CT molecular complexity index is 336. The molecule has 1 aromatic heterocycles. The summed E-state index contributed by atoms with van der Waals surface area (Å²) >= 11 is 0. The second-order valence-corrected chi connectivity index (χ2v) is 4.05. The monoisotopic (exact) mass is 217 g/mol. The molecule has 4 N–H and O–H groups in total. The predicted molar refractivity (Wildman–Crippen MR) is 44.5 cm³/mol. The van der Waals surface area contributed by atoms with Crippen molar-refractivity contribution >= 4 is 14.0 Å². The molecule has 0 fully saturated rings. The molecular weight excluding hydrogens is 209 g/mol. The molecule has 1 aromatic rings. The SMILES string of the molecule is NC(Cc1cnc[nH]1)(C(=O)O)[P+](=O)[O-]. The number of nitrogens with one attached hydrogen (secondary N) is 1. The van der Waals surface area contributed by atoms with E-state index < -0.39 is 19.3 Å². The first kappa shape index (κ1) is 10.8. The number of nitrogens with zero attached hydrogens (tertiary/aromatic N) is 1. The summed E-state index contributed by atoms with van der Waals surface area (Å²) in [6, 6.07) is 0. The van der Waals surface area contributed by atoms with Gasteiger partial charge in [-0.1, -0.05) is 4.57 Å². The van der Waals surface area contributed by atoms with E-state index in [4.69, 9.17) is 10.8 Å². The highest BCUT2D eigenvalue weighted by atomic mass is 31.1. The van der Waals surface area contributed by atoms with Gasteiger partial charge in [0, 0.05) is 11.9 Å². The Hall–Kier alpha value is -1.30. The van der Waals surface area contributed by atoms with E-state index in [0.717, 1.165) is 0 Å². The Morgan fingerprint density at radius 3 is 2.86 bits per heavy atom. The number of hydrogen-bond donors (Lipinski definition) is 3. The standard InChI is InChI=1S/C6H8N3O4P/c7-6(5(10)11,14(12)13)1-4-2-8-3-9-4/h2-3H,1,7H2,(H,8,9)(H,10,11). The molecule has 0 saturated carbocycles. The zero-order valence-corrected chi connectivity index (χ0v) is 7.90. The first-order valence-electron chi connectivity index (χ1n) is 3.61. The fourth-order valence-corrected chi connectivity index (χ4v) is 1.35. The number of carboxylic acids is 1. The summed E-state index contributed by atoms with van der Waals surface area (Å²) in [5, 5.41) is 6.38. The van der Waals surface area contributed by atoms with Crippen molar-refractivity contribution in [2.75, 3.05) is 0 Å². The number of carbonyl (C=O) groups is 1. The third-order valence-electron chi connectivity index (χ3n) is 1.71. The lowest BCUT2D eigenvalue weighted by Crippen LogP contribution is -2.48. The van der Waals surface area contributed by atoms with Gasteiger partial charge in [-0.15, -0.1) is 0 Å². The molecule has 8 heteroatoms. The van der Waals surface area contributed by atoms with E-state index in [-0.39, 0.29) is 6.42 Å². The number of rotatable bonds is 4. The third kappa shape index (κ3) is 1.95. The van der Waals surface area contributed by atoms with E-state index in [1.807, 2.05) is 0 Å². The molecule has 0 aliphatic rings. The molecule has 0 bridgehead atoms. The number of nitrogens with two attached hydrogens (primary N) is 1. The summed E-state index contributed by atoms with van der Waals surface area (Å²) in [7, 11) is -3.26. The zero-order chi connectivity index (χ0) is 10.8. The summed E-state index contributed by atoms with van der Waals surface area (Å²) in [6.45, 7) is 0. The lowest BCUT2D eigenvalue weighted by molar-refractivity contribution is -0.173. The summed E-state index contributed by atoms with van der Waals surface area (Å²) in [5.41, 5.74) is 5.59. The number of aromatic nitrogens is 2. The van der Waals surface area contributed by atoms with Gasteiger partial charge in [-0.2, -0.15) is 0 Å². The summed E-state index contributed by atoms with van der Waals surface area (Å²) < 4.78 is 10.7. The van der Waals surface area contributed by atoms with E-state index in [2.05, 4.69) is 9.97 Å². The highest BCUT2D eigenvalue weighted by molar-refractivity contribution is 7.39. The van der Waals surface area contributed by atoms with Crippen LogP contribution in [0.4, 0.5) is 0 Å². The summed E-state index contributed by atoms with van der Waals surface area (Å²) in [4.78, 5) is 27.5. The first-order valence-corrected chi connectivity index (χ1v) is 4.78. The van der Waals surface area contributed by atoms with Crippen LogP contribution in [0.5, 0.6) is 0 Å². The molecule has 0 radical (unpaired) electrons. The minimum Gasteiger partial charge on any atom is -0.594 e. The van der Waals surface area contributed by atoms with Crippen molar-refractivity contribution in [1.29, 1.82) is 0 Å². The fourth-order valence-electron chi connectivity index (χ4n) is 0.890. The Kier molecular flexibility index (Phi) is 2.95. The maximum absolute atomic E-state index is 10.7. The Morgan fingerprint density at radius 2 is 2.50 bits per heavy atom. The third-order valence-corrected chi connectivity index (χ3v) is 2.71. The number of carboxylic acid groups (broad SMARTS) is 1. The van der Waals surface area contributed by atoms with Crippen LogP contribution in [0.3, 0.4) is 0 Å². The number of imidazole rings is 1. The van der Waals surface area contributed by atoms with Crippen molar-refractivity contribution in [3.63, 3.8) is 0 Å². The minimum atomic E-state index is -3.26. The maximum Gasteiger partial charge on any atom is 0.374 e. The van der Waals surface area contributed by atoms with Crippen molar-refractivity contribution in [1.82, 2.24) is 9.97 Å². The maximum atomic E-state index is 10.7. The van der Waals surface area contributed by atoms with Gasteiger partial charge in [-0.05, 0) is 0 Å². The number of aromatic amines is 1. The lowest BCUT2D eigenvalue weighted by Gasteiger charge is -2.13. The summed E-state index contributed by atoms with van der Waals surface area (Å²) in [5.74, 6) is -1.58. The van der Waals surface area contributed by atoms with Crippen LogP contribution in [0.15, 0.2) is 12.5 Å². The second-order valence-electron chi connectivity index (χ2n) is 2.74. The molecule has 0 spiro atoms. The molecule has 0 saturated heterocycles. The second kappa shape index (κ2) is 3.83.